The number of rotatable bonds is 8. The van der Waals surface area contributed by atoms with Crippen molar-refractivity contribution < 1.29 is 81.2 Å². The number of phenolic OH excluding ortho intramolecular Hbond substituents is 6. The number of para-hydroxylation sites is 3. The van der Waals surface area contributed by atoms with Crippen LogP contribution in [0.25, 0.3) is 0 Å². The highest BCUT2D eigenvalue weighted by Crippen LogP contribution is 2.25. The summed E-state index contributed by atoms with van der Waals surface area (Å²) in [5.41, 5.74) is 21.7. The third-order valence-electron chi connectivity index (χ3n) is 5.94. The molecule has 4 rings (SSSR count). The van der Waals surface area contributed by atoms with Gasteiger partial charge in [-0.3, -0.25) is 19.2 Å². The number of carbonyl (C=O) groups is 4. The molecule has 0 aromatic heterocycles. The van der Waals surface area contributed by atoms with Crippen molar-refractivity contribution in [1.29, 1.82) is 0 Å². The molecule has 4 atom stereocenters. The van der Waals surface area contributed by atoms with Crippen LogP contribution < -0.4 is 35.2 Å². The zero-order chi connectivity index (χ0) is 42.0. The van der Waals surface area contributed by atoms with Gasteiger partial charge in [-0.15, -0.1) is 0 Å². The molecule has 0 fully saturated rings. The summed E-state index contributed by atoms with van der Waals surface area (Å²) in [6.07, 6.45) is 0.388. The van der Waals surface area contributed by atoms with Gasteiger partial charge in [0.1, 0.15) is 35.7 Å². The highest BCUT2D eigenvalue weighted by atomic mass is 16.4. The largest absolute Gasteiger partial charge is 0.508 e. The molecule has 0 aliphatic carbocycles. The van der Waals surface area contributed by atoms with Crippen molar-refractivity contribution in [3.8, 4) is 34.5 Å². The smallest absolute Gasteiger partial charge is 0.320 e. The van der Waals surface area contributed by atoms with Gasteiger partial charge >= 0.3 is 23.9 Å². The van der Waals surface area contributed by atoms with Gasteiger partial charge in [0.05, 0.1) is 0 Å². The van der Waals surface area contributed by atoms with Crippen molar-refractivity contribution >= 4 is 23.9 Å². The lowest BCUT2D eigenvalue weighted by atomic mass is 10.1. The molecule has 376 valence electrons. The number of aliphatic carboxylic acids is 4. The molecule has 0 saturated heterocycles. The van der Waals surface area contributed by atoms with Crippen LogP contribution in [0.3, 0.4) is 0 Å². The van der Waals surface area contributed by atoms with E-state index in [1.165, 1.54) is 56.3 Å². The first kappa shape index (κ1) is 88.5. The Morgan fingerprint density at radius 2 is 0.688 bits per heavy atom. The number of hydrogen-bond donors (Lipinski definition) is 16. The second-order valence-corrected chi connectivity index (χ2v) is 10.9. The molecule has 0 bridgehead atoms. The van der Waals surface area contributed by atoms with Crippen LogP contribution in [0.15, 0.2) is 97.1 Å². The van der Waals surface area contributed by atoms with Crippen LogP contribution >= 0.6 is 0 Å². The molecule has 0 radical (unpaired) electrons. The Labute approximate surface area is 377 Å². The third kappa shape index (κ3) is 46.3. The van der Waals surface area contributed by atoms with Crippen LogP contribution in [0.5, 0.6) is 34.5 Å². The summed E-state index contributed by atoms with van der Waals surface area (Å²) in [5, 5.41) is 85.8. The van der Waals surface area contributed by atoms with E-state index in [2.05, 4.69) is 0 Å². The fourth-order valence-corrected chi connectivity index (χ4v) is 2.90. The van der Waals surface area contributed by atoms with Crippen LogP contribution in [0.1, 0.15) is 69.5 Å². The van der Waals surface area contributed by atoms with E-state index in [9.17, 15) is 19.2 Å². The molecule has 0 spiro atoms. The minimum atomic E-state index is -1.10. The van der Waals surface area contributed by atoms with E-state index in [-0.39, 0.29) is 109 Å². The lowest BCUT2D eigenvalue weighted by Crippen LogP contribution is -2.32. The van der Waals surface area contributed by atoms with Gasteiger partial charge in [0.15, 0.2) is 23.0 Å². The van der Waals surface area contributed by atoms with Gasteiger partial charge in [-0.2, -0.15) is 0 Å². The molecule has 22 heteroatoms. The number of benzene rings is 4. The summed E-state index contributed by atoms with van der Waals surface area (Å²) in [4.78, 5) is 40.0. The Morgan fingerprint density at radius 1 is 0.422 bits per heavy atom. The Morgan fingerprint density at radius 3 is 0.938 bits per heavy atom. The molecule has 28 N–H and O–H groups in total. The maximum absolute atomic E-state index is 10.4. The fraction of sp³-hybridized carbons (Fsp3) is 0.333. The van der Waals surface area contributed by atoms with Crippen LogP contribution in [-0.4, -0.2) is 110 Å². The molecular weight excluding hydrogens is 844 g/mol. The van der Waals surface area contributed by atoms with Crippen molar-refractivity contribution in [2.45, 2.75) is 95.4 Å². The van der Waals surface area contributed by atoms with E-state index in [1.54, 1.807) is 48.5 Å². The Hall–Kier alpha value is -6.76. The molecule has 0 aliphatic rings. The first-order chi connectivity index (χ1) is 25.1. The molecule has 4 aromatic carbocycles. The number of carboxylic acids is 4. The summed E-state index contributed by atoms with van der Waals surface area (Å²) in [7, 11) is 0. The predicted octanol–water partition coefficient (Wildman–Crippen LogP) is 4.22. The van der Waals surface area contributed by atoms with E-state index in [0.29, 0.717) is 11.3 Å². The number of phenols is 6. The monoisotopic (exact) mass is 927 g/mol. The number of nitrogens with two attached hydrogens (primary N) is 4. The minimum absolute atomic E-state index is 0. The Balaban J connectivity index is -0.0000000506. The fourth-order valence-electron chi connectivity index (χ4n) is 2.90. The van der Waals surface area contributed by atoms with Gasteiger partial charge < -0.3 is 97.3 Å². The van der Waals surface area contributed by atoms with Gasteiger partial charge in [0.25, 0.3) is 0 Å². The van der Waals surface area contributed by atoms with E-state index in [4.69, 9.17) is 74.0 Å². The molecule has 0 saturated carbocycles. The van der Waals surface area contributed by atoms with Gasteiger partial charge in [-0.1, -0.05) is 93.1 Å². The van der Waals surface area contributed by atoms with Crippen LogP contribution in [0.4, 0.5) is 0 Å². The lowest BCUT2D eigenvalue weighted by molar-refractivity contribution is -0.139. The van der Waals surface area contributed by atoms with Crippen molar-refractivity contribution in [3.05, 3.63) is 108 Å². The van der Waals surface area contributed by atoms with E-state index >= 15 is 0 Å². The molecule has 0 aliphatic heterocycles. The molecule has 64 heavy (non-hydrogen) atoms. The highest BCUT2D eigenvalue weighted by molar-refractivity contribution is 5.74. The zero-order valence-corrected chi connectivity index (χ0v) is 31.8. The Bertz CT molecular complexity index is 1660. The van der Waals surface area contributed by atoms with Crippen molar-refractivity contribution in [1.82, 2.24) is 12.3 Å². The summed E-state index contributed by atoms with van der Waals surface area (Å²) in [6.45, 7) is 2.84. The van der Waals surface area contributed by atoms with Crippen molar-refractivity contribution in [2.24, 2.45) is 22.9 Å². The SMILES string of the molecule is C.C.C.C.C.C.CC(N)C(=O)O.CC(N)C(=O)O.N.N.NC(Cc1ccc(O)c(O)c1)C(=O)O.NC(Cc1ccc(O)cc1)C(=O)O.O.O.Oc1ccccc1.Oc1ccccc1O. The Kier molecular flexibility index (Phi) is 67.6. The average Bonchev–Trinajstić information content (AvgIpc) is 3.10. The maximum atomic E-state index is 10.4. The average molecular weight is 927 g/mol. The number of aromatic hydroxyl groups is 6. The van der Waals surface area contributed by atoms with Crippen LogP contribution in [-0.2, 0) is 32.0 Å². The summed E-state index contributed by atoms with van der Waals surface area (Å²) in [5.74, 6) is -4.23. The maximum Gasteiger partial charge on any atom is 0.320 e. The van der Waals surface area contributed by atoms with E-state index in [1.807, 2.05) is 6.07 Å². The number of hydrogen-bond acceptors (Lipinski definition) is 16. The summed E-state index contributed by atoms with van der Waals surface area (Å²) in [6, 6.07) is 21.9. The topological polar surface area (TPSA) is 508 Å². The number of carboxylic acid groups (broad SMARTS) is 4. The first-order valence-corrected chi connectivity index (χ1v) is 15.5. The summed E-state index contributed by atoms with van der Waals surface area (Å²) >= 11 is 0. The molecule has 22 nitrogen and oxygen atoms in total. The zero-order valence-electron chi connectivity index (χ0n) is 31.8. The normalized spacial score (nSPS) is 9.84. The van der Waals surface area contributed by atoms with Gasteiger partial charge in [-0.05, 0) is 86.3 Å². The van der Waals surface area contributed by atoms with Crippen LogP contribution in [0.2, 0.25) is 0 Å². The standard InChI is InChI=1S/C9H11NO4.C9H11NO3.C6H6O2.C6H6O.2C3H7NO2.6CH4.2H3N.2H2O/c10-6(9(13)14)3-5-1-2-7(11)8(12)4-5;10-8(9(12)13)5-6-1-3-7(11)4-2-6;7-5-3-1-2-4-6(5)8;7-6-4-2-1-3-5-6;2*1-2(4)3(5)6;;;;;;;;;;/h1-2,4,6,11-12H,3,10H2,(H,13,14);1-4,8,11H,5,10H2,(H,12,13);1-4,7-8H;1-5,7H;2*2H,4H2,1H3,(H,5,6);6*1H4;2*1H3;2*1H2. The summed E-state index contributed by atoms with van der Waals surface area (Å²) < 4.78 is 0. The predicted molar refractivity (Wildman–Crippen MR) is 255 cm³/mol. The van der Waals surface area contributed by atoms with Crippen molar-refractivity contribution in [3.63, 3.8) is 0 Å². The second-order valence-electron chi connectivity index (χ2n) is 10.9. The minimum Gasteiger partial charge on any atom is -0.508 e. The highest BCUT2D eigenvalue weighted by Gasteiger charge is 2.13. The van der Waals surface area contributed by atoms with Gasteiger partial charge in [0, 0.05) is 0 Å². The van der Waals surface area contributed by atoms with E-state index < -0.39 is 48.0 Å². The van der Waals surface area contributed by atoms with Gasteiger partial charge in [0.2, 0.25) is 0 Å². The second kappa shape index (κ2) is 48.9. The molecule has 0 heterocycles. The molecule has 0 amide bonds. The molecular formula is C42H82N6O16. The first-order valence-electron chi connectivity index (χ1n) is 15.5. The van der Waals surface area contributed by atoms with Crippen LogP contribution in [0, 0.1) is 0 Å². The van der Waals surface area contributed by atoms with Crippen molar-refractivity contribution in [2.75, 3.05) is 0 Å². The third-order valence-corrected chi connectivity index (χ3v) is 5.94. The van der Waals surface area contributed by atoms with E-state index in [0.717, 1.165) is 5.56 Å². The molecule has 4 aromatic rings. The van der Waals surface area contributed by atoms with Gasteiger partial charge in [-0.25, -0.2) is 0 Å². The molecule has 4 unspecified atom stereocenters. The lowest BCUT2D eigenvalue weighted by Gasteiger charge is -2.06. The quantitative estimate of drug-likeness (QED) is 0.110.